The number of halogens is 1. The minimum Gasteiger partial charge on any atom is -0.329 e. The molecule has 3 N–H and O–H groups in total. The first-order valence-electron chi connectivity index (χ1n) is 6.85. The van der Waals surface area contributed by atoms with Crippen LogP contribution in [0, 0.1) is 18.2 Å². The summed E-state index contributed by atoms with van der Waals surface area (Å²) in [6.07, 6.45) is 4.95. The van der Waals surface area contributed by atoms with Crippen LogP contribution in [0.3, 0.4) is 0 Å². The average Bonchev–Trinajstić information content (AvgIpc) is 2.43. The van der Waals surface area contributed by atoms with Crippen molar-refractivity contribution in [3.63, 3.8) is 0 Å². The van der Waals surface area contributed by atoms with Gasteiger partial charge in [-0.1, -0.05) is 19.3 Å². The molecule has 0 heterocycles. The quantitative estimate of drug-likeness (QED) is 0.881. The molecule has 1 aliphatic carbocycles. The molecule has 0 aliphatic heterocycles. The SMILES string of the molecule is Cc1cc(NC(=O)C2(CN)CCCCC2)ccc1F. The summed E-state index contributed by atoms with van der Waals surface area (Å²) in [5.41, 5.74) is 6.55. The zero-order valence-corrected chi connectivity index (χ0v) is 11.3. The summed E-state index contributed by atoms with van der Waals surface area (Å²) in [6, 6.07) is 4.62. The number of carbonyl (C=O) groups is 1. The second-order valence-electron chi connectivity index (χ2n) is 5.46. The lowest BCUT2D eigenvalue weighted by Gasteiger charge is -2.34. The molecule has 1 aromatic rings. The predicted molar refractivity (Wildman–Crippen MR) is 74.3 cm³/mol. The molecular formula is C15H21FN2O. The molecule has 19 heavy (non-hydrogen) atoms. The van der Waals surface area contributed by atoms with Crippen molar-refractivity contribution < 1.29 is 9.18 Å². The van der Waals surface area contributed by atoms with Crippen LogP contribution >= 0.6 is 0 Å². The van der Waals surface area contributed by atoms with Crippen molar-refractivity contribution in [2.45, 2.75) is 39.0 Å². The van der Waals surface area contributed by atoms with Gasteiger partial charge in [-0.2, -0.15) is 0 Å². The van der Waals surface area contributed by atoms with Gasteiger partial charge < -0.3 is 11.1 Å². The van der Waals surface area contributed by atoms with Gasteiger partial charge in [0.15, 0.2) is 0 Å². The Hall–Kier alpha value is -1.42. The largest absolute Gasteiger partial charge is 0.329 e. The highest BCUT2D eigenvalue weighted by molar-refractivity contribution is 5.95. The summed E-state index contributed by atoms with van der Waals surface area (Å²) in [4.78, 5) is 12.4. The van der Waals surface area contributed by atoms with Crippen molar-refractivity contribution in [1.29, 1.82) is 0 Å². The number of rotatable bonds is 3. The monoisotopic (exact) mass is 264 g/mol. The van der Waals surface area contributed by atoms with Gasteiger partial charge in [0.25, 0.3) is 0 Å². The third-order valence-electron chi connectivity index (χ3n) is 4.10. The zero-order valence-electron chi connectivity index (χ0n) is 11.3. The van der Waals surface area contributed by atoms with Gasteiger partial charge in [-0.25, -0.2) is 4.39 Å². The molecule has 0 saturated heterocycles. The number of nitrogens with one attached hydrogen (secondary N) is 1. The van der Waals surface area contributed by atoms with E-state index in [0.717, 1.165) is 25.7 Å². The van der Waals surface area contributed by atoms with Gasteiger partial charge in [0, 0.05) is 12.2 Å². The molecule has 1 amide bonds. The van der Waals surface area contributed by atoms with Crippen molar-refractivity contribution in [2.24, 2.45) is 11.1 Å². The van der Waals surface area contributed by atoms with Crippen LogP contribution in [0.1, 0.15) is 37.7 Å². The van der Waals surface area contributed by atoms with Gasteiger partial charge >= 0.3 is 0 Å². The van der Waals surface area contributed by atoms with Crippen LogP contribution in [0.2, 0.25) is 0 Å². The maximum Gasteiger partial charge on any atom is 0.231 e. The Balaban J connectivity index is 2.12. The number of amides is 1. The molecule has 2 rings (SSSR count). The van der Waals surface area contributed by atoms with Gasteiger partial charge in [-0.15, -0.1) is 0 Å². The zero-order chi connectivity index (χ0) is 13.9. The summed E-state index contributed by atoms with van der Waals surface area (Å²) in [6.45, 7) is 2.06. The first-order valence-corrected chi connectivity index (χ1v) is 6.85. The number of benzene rings is 1. The first-order chi connectivity index (χ1) is 9.07. The molecule has 1 aromatic carbocycles. The fourth-order valence-corrected chi connectivity index (χ4v) is 2.74. The van der Waals surface area contributed by atoms with Gasteiger partial charge in [0.1, 0.15) is 5.82 Å². The fourth-order valence-electron chi connectivity index (χ4n) is 2.74. The highest BCUT2D eigenvalue weighted by Gasteiger charge is 2.38. The van der Waals surface area contributed by atoms with E-state index in [4.69, 9.17) is 5.73 Å². The van der Waals surface area contributed by atoms with Gasteiger partial charge in [0.2, 0.25) is 5.91 Å². The number of nitrogens with two attached hydrogens (primary N) is 1. The van der Waals surface area contributed by atoms with Crippen LogP contribution in [0.25, 0.3) is 0 Å². The van der Waals surface area contributed by atoms with E-state index in [1.54, 1.807) is 19.1 Å². The molecule has 0 radical (unpaired) electrons. The molecular weight excluding hydrogens is 243 g/mol. The van der Waals surface area contributed by atoms with Crippen LogP contribution in [-0.4, -0.2) is 12.5 Å². The van der Waals surface area contributed by atoms with E-state index in [1.807, 2.05) is 0 Å². The Labute approximate surface area is 113 Å². The maximum absolute atomic E-state index is 13.2. The fraction of sp³-hybridized carbons (Fsp3) is 0.533. The van der Waals surface area contributed by atoms with Crippen molar-refractivity contribution in [2.75, 3.05) is 11.9 Å². The van der Waals surface area contributed by atoms with E-state index >= 15 is 0 Å². The minimum absolute atomic E-state index is 0.0271. The summed E-state index contributed by atoms with van der Waals surface area (Å²) >= 11 is 0. The second-order valence-corrected chi connectivity index (χ2v) is 5.46. The van der Waals surface area contributed by atoms with Crippen LogP contribution in [0.5, 0.6) is 0 Å². The van der Waals surface area contributed by atoms with Crippen LogP contribution in [-0.2, 0) is 4.79 Å². The predicted octanol–water partition coefficient (Wildman–Crippen LogP) is 2.98. The summed E-state index contributed by atoms with van der Waals surface area (Å²) < 4.78 is 13.2. The number of hydrogen-bond acceptors (Lipinski definition) is 2. The van der Waals surface area contributed by atoms with E-state index in [9.17, 15) is 9.18 Å². The molecule has 0 bridgehead atoms. The molecule has 0 aromatic heterocycles. The van der Waals surface area contributed by atoms with Crippen LogP contribution in [0.4, 0.5) is 10.1 Å². The minimum atomic E-state index is -0.444. The molecule has 4 heteroatoms. The first kappa shape index (κ1) is 14.0. The Morgan fingerprint density at radius 1 is 1.37 bits per heavy atom. The Morgan fingerprint density at radius 2 is 2.05 bits per heavy atom. The molecule has 1 fully saturated rings. The normalized spacial score (nSPS) is 18.1. The average molecular weight is 264 g/mol. The van der Waals surface area contributed by atoms with Gasteiger partial charge in [-0.05, 0) is 43.5 Å². The lowest BCUT2D eigenvalue weighted by molar-refractivity contribution is -0.126. The summed E-state index contributed by atoms with van der Waals surface area (Å²) in [7, 11) is 0. The van der Waals surface area contributed by atoms with E-state index < -0.39 is 5.41 Å². The molecule has 104 valence electrons. The summed E-state index contributed by atoms with van der Waals surface area (Å²) in [5.74, 6) is -0.287. The Bertz CT molecular complexity index is 467. The third-order valence-corrected chi connectivity index (χ3v) is 4.10. The van der Waals surface area contributed by atoms with Crippen LogP contribution in [0.15, 0.2) is 18.2 Å². The van der Waals surface area contributed by atoms with Gasteiger partial charge in [-0.3, -0.25) is 4.79 Å². The van der Waals surface area contributed by atoms with Crippen molar-refractivity contribution in [3.8, 4) is 0 Å². The second kappa shape index (κ2) is 5.70. The highest BCUT2D eigenvalue weighted by atomic mass is 19.1. The molecule has 0 unspecified atom stereocenters. The molecule has 3 nitrogen and oxygen atoms in total. The highest BCUT2D eigenvalue weighted by Crippen LogP contribution is 2.36. The molecule has 0 atom stereocenters. The molecule has 1 saturated carbocycles. The van der Waals surface area contributed by atoms with Crippen LogP contribution < -0.4 is 11.1 Å². The number of carbonyl (C=O) groups excluding carboxylic acids is 1. The lowest BCUT2D eigenvalue weighted by atomic mass is 9.73. The Kier molecular flexibility index (Phi) is 4.20. The topological polar surface area (TPSA) is 55.1 Å². The number of hydrogen-bond donors (Lipinski definition) is 2. The molecule has 1 aliphatic rings. The smallest absolute Gasteiger partial charge is 0.231 e. The Morgan fingerprint density at radius 3 is 2.63 bits per heavy atom. The van der Waals surface area contributed by atoms with Crippen molar-refractivity contribution >= 4 is 11.6 Å². The van der Waals surface area contributed by atoms with E-state index in [0.29, 0.717) is 17.8 Å². The standard InChI is InChI=1S/C15H21FN2O/c1-11-9-12(5-6-13(11)16)18-14(19)15(10-17)7-3-2-4-8-15/h5-6,9H,2-4,7-8,10,17H2,1H3,(H,18,19). The van der Waals surface area contributed by atoms with Crippen molar-refractivity contribution in [1.82, 2.24) is 0 Å². The molecule has 0 spiro atoms. The van der Waals surface area contributed by atoms with E-state index in [-0.39, 0.29) is 11.7 Å². The lowest BCUT2D eigenvalue weighted by Crippen LogP contribution is -2.43. The number of aryl methyl sites for hydroxylation is 1. The van der Waals surface area contributed by atoms with Gasteiger partial charge in [0.05, 0.1) is 5.41 Å². The number of anilines is 1. The van der Waals surface area contributed by atoms with E-state index in [1.165, 1.54) is 12.5 Å². The third kappa shape index (κ3) is 2.95. The summed E-state index contributed by atoms with van der Waals surface area (Å²) in [5, 5.41) is 2.89. The maximum atomic E-state index is 13.2. The van der Waals surface area contributed by atoms with E-state index in [2.05, 4.69) is 5.32 Å². The van der Waals surface area contributed by atoms with Crippen molar-refractivity contribution in [3.05, 3.63) is 29.6 Å².